The number of halogens is 3. The summed E-state index contributed by atoms with van der Waals surface area (Å²) in [6.45, 7) is 2.67. The Morgan fingerprint density at radius 2 is 1.84 bits per heavy atom. The number of alkyl halides is 3. The fourth-order valence-corrected chi connectivity index (χ4v) is 3.71. The van der Waals surface area contributed by atoms with Gasteiger partial charge in [0.15, 0.2) is 0 Å². The smallest absolute Gasteiger partial charge is 0.363 e. The lowest BCUT2D eigenvalue weighted by Gasteiger charge is -2.29. The van der Waals surface area contributed by atoms with Crippen LogP contribution in [0.2, 0.25) is 0 Å². The van der Waals surface area contributed by atoms with Crippen LogP contribution in [0.5, 0.6) is 0 Å². The van der Waals surface area contributed by atoms with Crippen LogP contribution in [0.15, 0.2) is 30.3 Å². The molecule has 1 fully saturated rings. The Morgan fingerprint density at radius 1 is 1.13 bits per heavy atom. The highest BCUT2D eigenvalue weighted by atomic mass is 19.4. The normalized spacial score (nSPS) is 19.0. The van der Waals surface area contributed by atoms with Crippen LogP contribution < -0.4 is 15.5 Å². The topological polar surface area (TPSA) is 70.2 Å². The van der Waals surface area contributed by atoms with Crippen molar-refractivity contribution >= 4 is 17.7 Å². The Balaban J connectivity index is 1.48. The maximum Gasteiger partial charge on any atom is 0.416 e. The Labute approximate surface area is 180 Å². The van der Waals surface area contributed by atoms with Gasteiger partial charge in [0.25, 0.3) is 5.91 Å². The molecule has 0 atom stereocenters. The molecule has 31 heavy (non-hydrogen) atoms. The summed E-state index contributed by atoms with van der Waals surface area (Å²) in [7, 11) is 3.86. The van der Waals surface area contributed by atoms with Gasteiger partial charge in [0.2, 0.25) is 5.95 Å². The molecule has 9 heteroatoms. The summed E-state index contributed by atoms with van der Waals surface area (Å²) in [6, 6.07) is 6.42. The van der Waals surface area contributed by atoms with Crippen LogP contribution in [0.4, 0.5) is 24.9 Å². The molecule has 1 aromatic heterocycles. The number of nitrogens with one attached hydrogen (secondary N) is 2. The zero-order valence-electron chi connectivity index (χ0n) is 18.0. The van der Waals surface area contributed by atoms with Crippen molar-refractivity contribution in [2.45, 2.75) is 44.8 Å². The Morgan fingerprint density at radius 3 is 2.48 bits per heavy atom. The van der Waals surface area contributed by atoms with Gasteiger partial charge in [-0.15, -0.1) is 0 Å². The molecule has 2 N–H and O–H groups in total. The van der Waals surface area contributed by atoms with Crippen molar-refractivity contribution in [2.24, 2.45) is 5.92 Å². The first kappa shape index (κ1) is 22.8. The monoisotopic (exact) mass is 435 g/mol. The molecule has 0 aliphatic heterocycles. The summed E-state index contributed by atoms with van der Waals surface area (Å²) < 4.78 is 38.6. The van der Waals surface area contributed by atoms with E-state index in [1.165, 1.54) is 12.1 Å². The maximum atomic E-state index is 12.9. The SMILES string of the molecule is Cc1cc(N(C)C)nc(NC[C@H]2CC[C@@H](NC(=O)c3cccc(C(F)(F)F)c3)CC2)n1. The number of anilines is 2. The average molecular weight is 435 g/mol. The van der Waals surface area contributed by atoms with Gasteiger partial charge in [-0.25, -0.2) is 4.98 Å². The zero-order chi connectivity index (χ0) is 22.6. The summed E-state index contributed by atoms with van der Waals surface area (Å²) in [5.41, 5.74) is 0.111. The lowest BCUT2D eigenvalue weighted by Crippen LogP contribution is -2.38. The number of carbonyl (C=O) groups is 1. The average Bonchev–Trinajstić information content (AvgIpc) is 2.72. The number of amides is 1. The molecule has 3 rings (SSSR count). The highest BCUT2D eigenvalue weighted by Crippen LogP contribution is 2.30. The summed E-state index contributed by atoms with van der Waals surface area (Å²) in [5.74, 6) is 1.41. The van der Waals surface area contributed by atoms with Crippen molar-refractivity contribution in [1.82, 2.24) is 15.3 Å². The zero-order valence-corrected chi connectivity index (χ0v) is 18.0. The third kappa shape index (κ3) is 6.32. The van der Waals surface area contributed by atoms with Crippen LogP contribution in [0.1, 0.15) is 47.3 Å². The van der Waals surface area contributed by atoms with Gasteiger partial charge in [-0.3, -0.25) is 4.79 Å². The molecule has 6 nitrogen and oxygen atoms in total. The number of aromatic nitrogens is 2. The van der Waals surface area contributed by atoms with E-state index in [4.69, 9.17) is 0 Å². The summed E-state index contributed by atoms with van der Waals surface area (Å²) in [5, 5.41) is 6.19. The lowest BCUT2D eigenvalue weighted by atomic mass is 9.86. The van der Waals surface area contributed by atoms with Crippen molar-refractivity contribution in [3.8, 4) is 0 Å². The van der Waals surface area contributed by atoms with Gasteiger partial charge in [0.1, 0.15) is 5.82 Å². The Hall–Kier alpha value is -2.84. The molecule has 0 unspecified atom stereocenters. The van der Waals surface area contributed by atoms with Gasteiger partial charge in [-0.2, -0.15) is 18.2 Å². The van der Waals surface area contributed by atoms with Crippen LogP contribution in [0, 0.1) is 12.8 Å². The molecule has 1 aliphatic carbocycles. The van der Waals surface area contributed by atoms with Crippen molar-refractivity contribution in [3.05, 3.63) is 47.2 Å². The second-order valence-electron chi connectivity index (χ2n) is 8.24. The molecule has 1 aliphatic rings. The molecule has 2 aromatic rings. The largest absolute Gasteiger partial charge is 0.416 e. The fourth-order valence-electron chi connectivity index (χ4n) is 3.71. The highest BCUT2D eigenvalue weighted by molar-refractivity contribution is 5.94. The number of aryl methyl sites for hydroxylation is 1. The molecule has 0 radical (unpaired) electrons. The van der Waals surface area contributed by atoms with Gasteiger partial charge in [0, 0.05) is 44.0 Å². The second-order valence-corrected chi connectivity index (χ2v) is 8.24. The van der Waals surface area contributed by atoms with Crippen molar-refractivity contribution in [3.63, 3.8) is 0 Å². The molecular formula is C22H28F3N5O. The minimum Gasteiger partial charge on any atom is -0.363 e. The number of nitrogens with zero attached hydrogens (tertiary/aromatic N) is 3. The molecule has 0 spiro atoms. The van der Waals surface area contributed by atoms with E-state index in [-0.39, 0.29) is 11.6 Å². The molecule has 0 saturated heterocycles. The van der Waals surface area contributed by atoms with Gasteiger partial charge in [-0.05, 0) is 56.7 Å². The van der Waals surface area contributed by atoms with Crippen LogP contribution in [-0.4, -0.2) is 42.6 Å². The first-order chi connectivity index (χ1) is 14.6. The van der Waals surface area contributed by atoms with Crippen LogP contribution >= 0.6 is 0 Å². The number of benzene rings is 1. The summed E-state index contributed by atoms with van der Waals surface area (Å²) in [4.78, 5) is 23.2. The van der Waals surface area contributed by atoms with E-state index >= 15 is 0 Å². The van der Waals surface area contributed by atoms with E-state index in [2.05, 4.69) is 20.6 Å². The van der Waals surface area contributed by atoms with Crippen LogP contribution in [-0.2, 0) is 6.18 Å². The minimum absolute atomic E-state index is 0.0335. The van der Waals surface area contributed by atoms with E-state index in [0.29, 0.717) is 11.9 Å². The summed E-state index contributed by atoms with van der Waals surface area (Å²) >= 11 is 0. The highest BCUT2D eigenvalue weighted by Gasteiger charge is 2.31. The molecule has 1 heterocycles. The van der Waals surface area contributed by atoms with Crippen LogP contribution in [0.3, 0.4) is 0 Å². The van der Waals surface area contributed by atoms with E-state index in [0.717, 1.165) is 55.9 Å². The third-order valence-corrected chi connectivity index (χ3v) is 5.48. The quantitative estimate of drug-likeness (QED) is 0.709. The second kappa shape index (κ2) is 9.53. The molecule has 1 saturated carbocycles. The third-order valence-electron chi connectivity index (χ3n) is 5.48. The minimum atomic E-state index is -4.46. The lowest BCUT2D eigenvalue weighted by molar-refractivity contribution is -0.137. The number of hydrogen-bond donors (Lipinski definition) is 2. The Bertz CT molecular complexity index is 908. The summed E-state index contributed by atoms with van der Waals surface area (Å²) in [6.07, 6.45) is -1.07. The van der Waals surface area contributed by atoms with E-state index in [1.54, 1.807) is 0 Å². The van der Waals surface area contributed by atoms with Crippen molar-refractivity contribution in [2.75, 3.05) is 30.9 Å². The van der Waals surface area contributed by atoms with Crippen molar-refractivity contribution in [1.29, 1.82) is 0 Å². The van der Waals surface area contributed by atoms with Gasteiger partial charge < -0.3 is 15.5 Å². The predicted molar refractivity (Wildman–Crippen MR) is 114 cm³/mol. The van der Waals surface area contributed by atoms with E-state index in [9.17, 15) is 18.0 Å². The first-order valence-corrected chi connectivity index (χ1v) is 10.4. The molecule has 168 valence electrons. The van der Waals surface area contributed by atoms with Gasteiger partial charge in [0.05, 0.1) is 5.56 Å². The van der Waals surface area contributed by atoms with Crippen molar-refractivity contribution < 1.29 is 18.0 Å². The van der Waals surface area contributed by atoms with E-state index in [1.807, 2.05) is 32.0 Å². The molecule has 1 aromatic carbocycles. The first-order valence-electron chi connectivity index (χ1n) is 10.4. The molecule has 1 amide bonds. The Kier molecular flexibility index (Phi) is 7.02. The van der Waals surface area contributed by atoms with Gasteiger partial charge >= 0.3 is 6.18 Å². The van der Waals surface area contributed by atoms with Crippen LogP contribution in [0.25, 0.3) is 0 Å². The van der Waals surface area contributed by atoms with Gasteiger partial charge in [-0.1, -0.05) is 6.07 Å². The molecule has 0 bridgehead atoms. The van der Waals surface area contributed by atoms with E-state index < -0.39 is 17.6 Å². The standard InChI is InChI=1S/C22H28F3N5O/c1-14-11-19(30(2)3)29-21(27-14)26-13-15-7-9-18(10-8-15)28-20(31)16-5-4-6-17(12-16)22(23,24)25/h4-6,11-12,15,18H,7-10,13H2,1-3H3,(H,28,31)(H,26,27,29)/t15-,18+. The predicted octanol–water partition coefficient (Wildman–Crippen LogP) is 4.27. The molecular weight excluding hydrogens is 407 g/mol. The number of rotatable bonds is 6. The number of carbonyl (C=O) groups excluding carboxylic acids is 1. The fraction of sp³-hybridized carbons (Fsp3) is 0.500. The maximum absolute atomic E-state index is 12.9. The number of hydrogen-bond acceptors (Lipinski definition) is 5.